The SMILES string of the molecule is Cc1cc(=O)n2[nH]c(CC(=O)N[C@@H]3CCC(=O)N[C@H]3c3cccs3)nc2n1. The number of hydrogen-bond acceptors (Lipinski definition) is 6. The minimum atomic E-state index is -0.274. The van der Waals surface area contributed by atoms with Crippen LogP contribution < -0.4 is 16.2 Å². The Labute approximate surface area is 157 Å². The van der Waals surface area contributed by atoms with Gasteiger partial charge in [0.25, 0.3) is 11.3 Å². The molecule has 2 atom stereocenters. The molecule has 9 nitrogen and oxygen atoms in total. The molecule has 10 heteroatoms. The summed E-state index contributed by atoms with van der Waals surface area (Å²) >= 11 is 1.54. The van der Waals surface area contributed by atoms with Gasteiger partial charge < -0.3 is 10.6 Å². The molecule has 0 spiro atoms. The third-order valence-electron chi connectivity index (χ3n) is 4.43. The van der Waals surface area contributed by atoms with Crippen LogP contribution in [-0.4, -0.2) is 37.4 Å². The van der Waals surface area contributed by atoms with Gasteiger partial charge >= 0.3 is 0 Å². The number of carbonyl (C=O) groups excluding carboxylic acids is 2. The molecule has 4 heterocycles. The average molecular weight is 386 g/mol. The van der Waals surface area contributed by atoms with E-state index in [0.717, 1.165) is 4.88 Å². The second kappa shape index (κ2) is 6.95. The van der Waals surface area contributed by atoms with Gasteiger partial charge in [0.2, 0.25) is 11.8 Å². The van der Waals surface area contributed by atoms with Crippen LogP contribution in [0.25, 0.3) is 5.78 Å². The Bertz CT molecular complexity index is 1050. The van der Waals surface area contributed by atoms with Crippen molar-refractivity contribution in [3.05, 3.63) is 50.3 Å². The number of aromatic nitrogens is 4. The van der Waals surface area contributed by atoms with Crippen LogP contribution in [0.15, 0.2) is 28.4 Å². The molecule has 0 saturated carbocycles. The van der Waals surface area contributed by atoms with Gasteiger partial charge in [-0.15, -0.1) is 11.3 Å². The van der Waals surface area contributed by atoms with Crippen molar-refractivity contribution in [3.63, 3.8) is 0 Å². The molecule has 0 unspecified atom stereocenters. The molecule has 1 saturated heterocycles. The summed E-state index contributed by atoms with van der Waals surface area (Å²) in [6.07, 6.45) is 0.931. The largest absolute Gasteiger partial charge is 0.351 e. The van der Waals surface area contributed by atoms with Crippen molar-refractivity contribution in [1.82, 2.24) is 30.2 Å². The van der Waals surface area contributed by atoms with Gasteiger partial charge in [-0.2, -0.15) is 9.50 Å². The van der Waals surface area contributed by atoms with Gasteiger partial charge in [-0.25, -0.2) is 4.98 Å². The van der Waals surface area contributed by atoms with E-state index in [9.17, 15) is 14.4 Å². The maximum Gasteiger partial charge on any atom is 0.274 e. The van der Waals surface area contributed by atoms with E-state index in [1.807, 2.05) is 17.5 Å². The maximum atomic E-state index is 12.5. The van der Waals surface area contributed by atoms with Gasteiger partial charge in [0.15, 0.2) is 0 Å². The molecule has 3 aromatic rings. The Hall–Kier alpha value is -3.01. The number of nitrogens with zero attached hydrogens (tertiary/aromatic N) is 3. The first-order valence-corrected chi connectivity index (χ1v) is 9.45. The third kappa shape index (κ3) is 3.61. The lowest BCUT2D eigenvalue weighted by atomic mass is 9.96. The minimum absolute atomic E-state index is 0.0105. The molecule has 27 heavy (non-hydrogen) atoms. The van der Waals surface area contributed by atoms with E-state index in [1.165, 1.54) is 10.6 Å². The van der Waals surface area contributed by atoms with E-state index in [0.29, 0.717) is 24.4 Å². The Kier molecular flexibility index (Phi) is 4.48. The lowest BCUT2D eigenvalue weighted by Crippen LogP contribution is -2.50. The normalized spacial score (nSPS) is 19.8. The Morgan fingerprint density at radius 2 is 2.26 bits per heavy atom. The predicted molar refractivity (Wildman–Crippen MR) is 98.4 cm³/mol. The number of H-pyrrole nitrogens is 1. The van der Waals surface area contributed by atoms with Crippen LogP contribution >= 0.6 is 11.3 Å². The third-order valence-corrected chi connectivity index (χ3v) is 5.39. The van der Waals surface area contributed by atoms with E-state index < -0.39 is 0 Å². The fraction of sp³-hybridized carbons (Fsp3) is 0.353. The molecule has 0 aromatic carbocycles. The number of aromatic amines is 1. The fourth-order valence-electron chi connectivity index (χ4n) is 3.22. The van der Waals surface area contributed by atoms with E-state index >= 15 is 0 Å². The summed E-state index contributed by atoms with van der Waals surface area (Å²) in [4.78, 5) is 45.6. The lowest BCUT2D eigenvalue weighted by molar-refractivity contribution is -0.126. The molecule has 3 aromatic heterocycles. The van der Waals surface area contributed by atoms with Crippen molar-refractivity contribution in [1.29, 1.82) is 0 Å². The van der Waals surface area contributed by atoms with Gasteiger partial charge in [0, 0.05) is 23.1 Å². The van der Waals surface area contributed by atoms with Crippen LogP contribution in [0, 0.1) is 6.92 Å². The molecule has 1 aliphatic heterocycles. The van der Waals surface area contributed by atoms with E-state index in [-0.39, 0.29) is 41.7 Å². The maximum absolute atomic E-state index is 12.5. The molecular weight excluding hydrogens is 368 g/mol. The number of nitrogens with one attached hydrogen (secondary N) is 3. The van der Waals surface area contributed by atoms with E-state index in [4.69, 9.17) is 0 Å². The summed E-state index contributed by atoms with van der Waals surface area (Å²) in [6.45, 7) is 1.71. The number of piperidine rings is 1. The summed E-state index contributed by atoms with van der Waals surface area (Å²) in [6, 6.07) is 4.82. The van der Waals surface area contributed by atoms with Crippen LogP contribution in [-0.2, 0) is 16.0 Å². The van der Waals surface area contributed by atoms with Crippen molar-refractivity contribution in [2.24, 2.45) is 0 Å². The zero-order valence-electron chi connectivity index (χ0n) is 14.6. The highest BCUT2D eigenvalue weighted by atomic mass is 32.1. The molecule has 2 amide bonds. The van der Waals surface area contributed by atoms with Crippen LogP contribution in [0.3, 0.4) is 0 Å². The van der Waals surface area contributed by atoms with Crippen molar-refractivity contribution in [2.75, 3.05) is 0 Å². The van der Waals surface area contributed by atoms with E-state index in [2.05, 4.69) is 25.7 Å². The van der Waals surface area contributed by atoms with Crippen molar-refractivity contribution in [3.8, 4) is 0 Å². The zero-order chi connectivity index (χ0) is 19.0. The van der Waals surface area contributed by atoms with Gasteiger partial charge in [-0.1, -0.05) is 6.07 Å². The number of hydrogen-bond donors (Lipinski definition) is 3. The lowest BCUT2D eigenvalue weighted by Gasteiger charge is -2.32. The molecule has 140 valence electrons. The second-order valence-corrected chi connectivity index (χ2v) is 7.47. The topological polar surface area (TPSA) is 121 Å². The molecule has 4 rings (SSSR count). The average Bonchev–Trinajstić information content (AvgIpc) is 3.26. The summed E-state index contributed by atoms with van der Waals surface area (Å²) in [7, 11) is 0. The first-order chi connectivity index (χ1) is 13.0. The van der Waals surface area contributed by atoms with Crippen LogP contribution in [0.1, 0.15) is 35.3 Å². The van der Waals surface area contributed by atoms with Crippen molar-refractivity contribution >= 4 is 28.9 Å². The zero-order valence-corrected chi connectivity index (χ0v) is 15.4. The van der Waals surface area contributed by atoms with Gasteiger partial charge in [0.05, 0.1) is 18.5 Å². The Morgan fingerprint density at radius 1 is 1.41 bits per heavy atom. The van der Waals surface area contributed by atoms with Crippen LogP contribution in [0.5, 0.6) is 0 Å². The summed E-state index contributed by atoms with van der Waals surface area (Å²) in [5.74, 6) is 0.345. The molecule has 0 radical (unpaired) electrons. The predicted octanol–water partition coefficient (Wildman–Crippen LogP) is 0.466. The minimum Gasteiger partial charge on any atom is -0.351 e. The van der Waals surface area contributed by atoms with Crippen LogP contribution in [0.2, 0.25) is 0 Å². The van der Waals surface area contributed by atoms with Crippen LogP contribution in [0.4, 0.5) is 0 Å². The van der Waals surface area contributed by atoms with E-state index in [1.54, 1.807) is 18.3 Å². The number of amides is 2. The number of fused-ring (bicyclic) bond motifs is 1. The standard InChI is InChI=1S/C17H18N6O3S/c1-9-7-15(26)23-17(18-9)20-12(22-23)8-14(25)19-10-4-5-13(24)21-16(10)11-3-2-6-27-11/h2-3,6-7,10,16H,4-5,8H2,1H3,(H,19,25)(H,21,24)(H,18,20,22)/t10-,16-/m1/s1. The first-order valence-electron chi connectivity index (χ1n) is 8.57. The smallest absolute Gasteiger partial charge is 0.274 e. The number of thiophene rings is 1. The Balaban J connectivity index is 1.49. The molecule has 0 bridgehead atoms. The molecule has 1 fully saturated rings. The summed E-state index contributed by atoms with van der Waals surface area (Å²) < 4.78 is 1.21. The molecular formula is C17H18N6O3S. The second-order valence-electron chi connectivity index (χ2n) is 6.49. The Morgan fingerprint density at radius 3 is 3.04 bits per heavy atom. The van der Waals surface area contributed by atoms with Crippen molar-refractivity contribution in [2.45, 2.75) is 38.3 Å². The quantitative estimate of drug-likeness (QED) is 0.602. The number of rotatable bonds is 4. The first kappa shape index (κ1) is 17.4. The molecule has 3 N–H and O–H groups in total. The van der Waals surface area contributed by atoms with Gasteiger partial charge in [-0.05, 0) is 24.8 Å². The summed E-state index contributed by atoms with van der Waals surface area (Å²) in [5, 5.41) is 10.7. The van der Waals surface area contributed by atoms with Gasteiger partial charge in [0.1, 0.15) is 5.82 Å². The molecule has 1 aliphatic rings. The number of carbonyl (C=O) groups is 2. The highest BCUT2D eigenvalue weighted by Gasteiger charge is 2.31. The fourth-order valence-corrected chi connectivity index (χ4v) is 4.06. The summed E-state index contributed by atoms with van der Waals surface area (Å²) in [5.41, 5.74) is 0.295. The van der Waals surface area contributed by atoms with Gasteiger partial charge in [-0.3, -0.25) is 19.5 Å². The highest BCUT2D eigenvalue weighted by molar-refractivity contribution is 7.10. The highest BCUT2D eigenvalue weighted by Crippen LogP contribution is 2.27. The monoisotopic (exact) mass is 386 g/mol. The number of aryl methyl sites for hydroxylation is 1. The molecule has 0 aliphatic carbocycles. The van der Waals surface area contributed by atoms with Crippen molar-refractivity contribution < 1.29 is 9.59 Å².